The quantitative estimate of drug-likeness (QED) is 0.577. The van der Waals surface area contributed by atoms with Crippen molar-refractivity contribution in [3.05, 3.63) is 71.8 Å². The molecule has 0 unspecified atom stereocenters. The van der Waals surface area contributed by atoms with E-state index < -0.39 is 0 Å². The van der Waals surface area contributed by atoms with Gasteiger partial charge in [-0.05, 0) is 43.4 Å². The molecule has 5 nitrogen and oxygen atoms in total. The molecular weight excluding hydrogens is 362 g/mol. The Kier molecular flexibility index (Phi) is 8.25. The molecule has 2 amide bonds. The topological polar surface area (TPSA) is 61.4 Å². The van der Waals surface area contributed by atoms with Crippen molar-refractivity contribution in [2.75, 3.05) is 19.6 Å². The molecule has 0 bridgehead atoms. The largest absolute Gasteiger partial charge is 0.354 e. The number of carbonyl (C=O) groups is 2. The average Bonchev–Trinajstić information content (AvgIpc) is 3.18. The number of nitrogens with zero attached hydrogens (tertiary/aromatic N) is 1. The van der Waals surface area contributed by atoms with Crippen molar-refractivity contribution >= 4 is 11.8 Å². The molecule has 1 aliphatic rings. The van der Waals surface area contributed by atoms with E-state index >= 15 is 0 Å². The molecule has 0 spiro atoms. The lowest BCUT2D eigenvalue weighted by molar-refractivity contribution is -0.137. The highest BCUT2D eigenvalue weighted by molar-refractivity contribution is 5.88. The Labute approximate surface area is 173 Å². The maximum absolute atomic E-state index is 12.8. The number of benzene rings is 2. The van der Waals surface area contributed by atoms with E-state index in [9.17, 15) is 9.59 Å². The number of hydrogen-bond acceptors (Lipinski definition) is 3. The van der Waals surface area contributed by atoms with Crippen LogP contribution in [-0.2, 0) is 22.6 Å². The Balaban J connectivity index is 1.43. The minimum absolute atomic E-state index is 0.0285. The minimum atomic E-state index is -0.373. The molecule has 1 atom stereocenters. The fourth-order valence-electron chi connectivity index (χ4n) is 3.75. The number of aryl methyl sites for hydroxylation is 1. The van der Waals surface area contributed by atoms with Gasteiger partial charge in [0.1, 0.15) is 6.04 Å². The van der Waals surface area contributed by atoms with Crippen LogP contribution in [0.5, 0.6) is 0 Å². The van der Waals surface area contributed by atoms with E-state index in [0.717, 1.165) is 32.4 Å². The van der Waals surface area contributed by atoms with Gasteiger partial charge in [0, 0.05) is 26.1 Å². The number of hydrogen-bond donors (Lipinski definition) is 2. The van der Waals surface area contributed by atoms with E-state index in [-0.39, 0.29) is 17.9 Å². The minimum Gasteiger partial charge on any atom is -0.354 e. The van der Waals surface area contributed by atoms with E-state index in [0.29, 0.717) is 25.9 Å². The maximum atomic E-state index is 12.8. The summed E-state index contributed by atoms with van der Waals surface area (Å²) < 4.78 is 0. The third-order valence-corrected chi connectivity index (χ3v) is 5.34. The number of likely N-dealkylation sites (tertiary alicyclic amines) is 1. The highest BCUT2D eigenvalue weighted by Gasteiger charge is 2.32. The van der Waals surface area contributed by atoms with Gasteiger partial charge < -0.3 is 15.5 Å². The summed E-state index contributed by atoms with van der Waals surface area (Å²) in [6.45, 7) is 2.97. The van der Waals surface area contributed by atoms with Crippen molar-refractivity contribution in [2.45, 2.75) is 44.7 Å². The summed E-state index contributed by atoms with van der Waals surface area (Å²) in [6.07, 6.45) is 3.71. The monoisotopic (exact) mass is 393 g/mol. The molecule has 0 radical (unpaired) electrons. The standard InChI is InChI=1S/C24H31N3O2/c28-23-13-7-18-27(23)22(15-14-20-9-3-1-4-10-20)24(29)26-17-8-16-25-19-21-11-5-2-6-12-21/h1-6,9-12,22,25H,7-8,13-19H2,(H,26,29)/t22-/m0/s1. The molecule has 0 aliphatic carbocycles. The molecule has 2 aromatic rings. The van der Waals surface area contributed by atoms with Gasteiger partial charge in [0.25, 0.3) is 0 Å². The molecule has 3 rings (SSSR count). The fourth-order valence-corrected chi connectivity index (χ4v) is 3.75. The number of amides is 2. The van der Waals surface area contributed by atoms with Gasteiger partial charge in [0.2, 0.25) is 11.8 Å². The lowest BCUT2D eigenvalue weighted by Crippen LogP contribution is -2.48. The molecule has 154 valence electrons. The van der Waals surface area contributed by atoms with Crippen LogP contribution in [0.2, 0.25) is 0 Å². The Morgan fingerprint density at radius 1 is 0.966 bits per heavy atom. The predicted octanol–water partition coefficient (Wildman–Crippen LogP) is 2.91. The van der Waals surface area contributed by atoms with Crippen LogP contribution in [-0.4, -0.2) is 42.4 Å². The summed E-state index contributed by atoms with van der Waals surface area (Å²) in [5, 5.41) is 6.44. The Morgan fingerprint density at radius 2 is 1.66 bits per heavy atom. The van der Waals surface area contributed by atoms with E-state index in [4.69, 9.17) is 0 Å². The van der Waals surface area contributed by atoms with Crippen molar-refractivity contribution in [1.82, 2.24) is 15.5 Å². The van der Waals surface area contributed by atoms with Crippen LogP contribution in [0.1, 0.15) is 36.8 Å². The third-order valence-electron chi connectivity index (χ3n) is 5.34. The first kappa shape index (κ1) is 21.1. The molecule has 2 N–H and O–H groups in total. The molecule has 1 heterocycles. The normalized spacial score (nSPS) is 14.8. The number of nitrogens with one attached hydrogen (secondary N) is 2. The highest BCUT2D eigenvalue weighted by Crippen LogP contribution is 2.18. The predicted molar refractivity (Wildman–Crippen MR) is 115 cm³/mol. The second-order valence-corrected chi connectivity index (χ2v) is 7.54. The van der Waals surface area contributed by atoms with Gasteiger partial charge in [-0.25, -0.2) is 0 Å². The van der Waals surface area contributed by atoms with Crippen molar-refractivity contribution in [3.8, 4) is 0 Å². The summed E-state index contributed by atoms with van der Waals surface area (Å²) in [6, 6.07) is 20.0. The van der Waals surface area contributed by atoms with Crippen LogP contribution in [0.3, 0.4) is 0 Å². The molecule has 5 heteroatoms. The van der Waals surface area contributed by atoms with Gasteiger partial charge in [-0.2, -0.15) is 0 Å². The van der Waals surface area contributed by atoms with Crippen molar-refractivity contribution in [1.29, 1.82) is 0 Å². The lowest BCUT2D eigenvalue weighted by atomic mass is 10.0. The third kappa shape index (κ3) is 6.71. The van der Waals surface area contributed by atoms with E-state index in [1.165, 1.54) is 11.1 Å². The van der Waals surface area contributed by atoms with Gasteiger partial charge in [0.05, 0.1) is 0 Å². The second kappa shape index (κ2) is 11.4. The maximum Gasteiger partial charge on any atom is 0.242 e. The lowest BCUT2D eigenvalue weighted by Gasteiger charge is -2.27. The Hall–Kier alpha value is -2.66. The zero-order valence-corrected chi connectivity index (χ0v) is 17.0. The molecular formula is C24H31N3O2. The molecule has 2 aromatic carbocycles. The Bertz CT molecular complexity index is 764. The van der Waals surface area contributed by atoms with Crippen LogP contribution in [0.25, 0.3) is 0 Å². The summed E-state index contributed by atoms with van der Waals surface area (Å²) in [5.74, 6) is 0.0713. The van der Waals surface area contributed by atoms with Crippen LogP contribution < -0.4 is 10.6 Å². The van der Waals surface area contributed by atoms with Gasteiger partial charge >= 0.3 is 0 Å². The van der Waals surface area contributed by atoms with E-state index in [2.05, 4.69) is 34.9 Å². The van der Waals surface area contributed by atoms with Gasteiger partial charge in [0.15, 0.2) is 0 Å². The first-order chi connectivity index (χ1) is 14.2. The number of rotatable bonds is 11. The van der Waals surface area contributed by atoms with Gasteiger partial charge in [-0.1, -0.05) is 60.7 Å². The summed E-state index contributed by atoms with van der Waals surface area (Å²) in [7, 11) is 0. The summed E-state index contributed by atoms with van der Waals surface area (Å²) in [4.78, 5) is 26.8. The number of carbonyl (C=O) groups excluding carboxylic acids is 2. The van der Waals surface area contributed by atoms with Crippen LogP contribution >= 0.6 is 0 Å². The van der Waals surface area contributed by atoms with Gasteiger partial charge in [-0.15, -0.1) is 0 Å². The zero-order valence-electron chi connectivity index (χ0n) is 17.0. The van der Waals surface area contributed by atoms with Crippen LogP contribution in [0.4, 0.5) is 0 Å². The molecule has 1 saturated heterocycles. The SMILES string of the molecule is O=C(NCCCNCc1ccccc1)[C@H](CCc1ccccc1)N1CCCC1=O. The molecule has 29 heavy (non-hydrogen) atoms. The van der Waals surface area contributed by atoms with Crippen molar-refractivity contribution in [2.24, 2.45) is 0 Å². The van der Waals surface area contributed by atoms with Crippen LogP contribution in [0.15, 0.2) is 60.7 Å². The first-order valence-corrected chi connectivity index (χ1v) is 10.6. The Morgan fingerprint density at radius 3 is 2.31 bits per heavy atom. The molecule has 1 aliphatic heterocycles. The summed E-state index contributed by atoms with van der Waals surface area (Å²) >= 11 is 0. The molecule has 0 aromatic heterocycles. The average molecular weight is 394 g/mol. The zero-order chi connectivity index (χ0) is 20.3. The van der Waals surface area contributed by atoms with Crippen LogP contribution in [0, 0.1) is 0 Å². The second-order valence-electron chi connectivity index (χ2n) is 7.54. The van der Waals surface area contributed by atoms with E-state index in [1.807, 2.05) is 36.4 Å². The van der Waals surface area contributed by atoms with Crippen molar-refractivity contribution < 1.29 is 9.59 Å². The summed E-state index contributed by atoms with van der Waals surface area (Å²) in [5.41, 5.74) is 2.45. The highest BCUT2D eigenvalue weighted by atomic mass is 16.2. The van der Waals surface area contributed by atoms with Crippen molar-refractivity contribution in [3.63, 3.8) is 0 Å². The molecule has 1 fully saturated rings. The fraction of sp³-hybridized carbons (Fsp3) is 0.417. The molecule has 0 saturated carbocycles. The first-order valence-electron chi connectivity index (χ1n) is 10.6. The van der Waals surface area contributed by atoms with Gasteiger partial charge in [-0.3, -0.25) is 9.59 Å². The smallest absolute Gasteiger partial charge is 0.242 e. The van der Waals surface area contributed by atoms with E-state index in [1.54, 1.807) is 4.90 Å².